The van der Waals surface area contributed by atoms with Crippen molar-refractivity contribution in [3.8, 4) is 0 Å². The second-order valence-electron chi connectivity index (χ2n) is 4.94. The Bertz CT molecular complexity index is 295. The molecule has 2 N–H and O–H groups in total. The third-order valence-corrected chi connectivity index (χ3v) is 3.85. The molecule has 5 heteroatoms. The lowest BCUT2D eigenvalue weighted by atomic mass is 9.93. The molecule has 1 aliphatic heterocycles. The minimum Gasteiger partial charge on any atom is -0.480 e. The van der Waals surface area contributed by atoms with Crippen LogP contribution in [0.3, 0.4) is 0 Å². The van der Waals surface area contributed by atoms with Gasteiger partial charge in [-0.2, -0.15) is 0 Å². The Morgan fingerprint density at radius 2 is 1.78 bits per heavy atom. The molecule has 0 aliphatic carbocycles. The topological polar surface area (TPSA) is 69.6 Å². The first-order valence-corrected chi connectivity index (χ1v) is 6.81. The minimum atomic E-state index is -1.10. The van der Waals surface area contributed by atoms with Crippen LogP contribution in [0.2, 0.25) is 0 Å². The summed E-state index contributed by atoms with van der Waals surface area (Å²) < 4.78 is 0. The number of carboxylic acids is 1. The van der Waals surface area contributed by atoms with E-state index in [0.717, 1.165) is 19.6 Å². The minimum absolute atomic E-state index is 0.159. The van der Waals surface area contributed by atoms with E-state index >= 15 is 0 Å². The molecular formula is C13H24N2O3. The summed E-state index contributed by atoms with van der Waals surface area (Å²) in [4.78, 5) is 25.3. The Balaban J connectivity index is 2.43. The number of carbonyl (C=O) groups excluding carboxylic acids is 1. The number of rotatable bonds is 7. The molecule has 104 valence electrons. The number of likely N-dealkylation sites (tertiary alicyclic amines) is 1. The third-order valence-electron chi connectivity index (χ3n) is 3.85. The molecule has 0 radical (unpaired) electrons. The van der Waals surface area contributed by atoms with Crippen LogP contribution in [-0.2, 0) is 9.59 Å². The van der Waals surface area contributed by atoms with Crippen molar-refractivity contribution in [2.75, 3.05) is 19.6 Å². The van der Waals surface area contributed by atoms with Crippen LogP contribution in [0.25, 0.3) is 0 Å². The molecule has 1 aliphatic rings. The maximum absolute atomic E-state index is 11.8. The molecule has 5 nitrogen and oxygen atoms in total. The van der Waals surface area contributed by atoms with E-state index in [2.05, 4.69) is 10.2 Å². The number of nitrogens with one attached hydrogen (secondary N) is 1. The highest BCUT2D eigenvalue weighted by atomic mass is 16.4. The Morgan fingerprint density at radius 1 is 1.22 bits per heavy atom. The highest BCUT2D eigenvalue weighted by Gasteiger charge is 2.36. The summed E-state index contributed by atoms with van der Waals surface area (Å²) in [6.07, 6.45) is 3.60. The lowest BCUT2D eigenvalue weighted by Crippen LogP contribution is -2.54. The first-order valence-electron chi connectivity index (χ1n) is 6.81. The monoisotopic (exact) mass is 256 g/mol. The number of aliphatic carboxylic acids is 1. The van der Waals surface area contributed by atoms with Crippen molar-refractivity contribution < 1.29 is 14.7 Å². The molecule has 18 heavy (non-hydrogen) atoms. The lowest BCUT2D eigenvalue weighted by Gasteiger charge is -2.28. The van der Waals surface area contributed by atoms with Crippen LogP contribution in [0, 0.1) is 0 Å². The van der Waals surface area contributed by atoms with Crippen LogP contribution < -0.4 is 5.32 Å². The number of carbonyl (C=O) groups is 2. The van der Waals surface area contributed by atoms with Gasteiger partial charge in [0.05, 0.1) is 0 Å². The van der Waals surface area contributed by atoms with Crippen molar-refractivity contribution in [1.29, 1.82) is 0 Å². The van der Waals surface area contributed by atoms with Crippen molar-refractivity contribution in [3.63, 3.8) is 0 Å². The van der Waals surface area contributed by atoms with Gasteiger partial charge in [-0.3, -0.25) is 4.79 Å². The predicted molar refractivity (Wildman–Crippen MR) is 69.4 cm³/mol. The molecule has 0 aromatic heterocycles. The van der Waals surface area contributed by atoms with E-state index < -0.39 is 11.5 Å². The van der Waals surface area contributed by atoms with Gasteiger partial charge in [-0.1, -0.05) is 13.8 Å². The summed E-state index contributed by atoms with van der Waals surface area (Å²) in [7, 11) is 0. The molecule has 0 unspecified atom stereocenters. The zero-order valence-corrected chi connectivity index (χ0v) is 11.4. The summed E-state index contributed by atoms with van der Waals surface area (Å²) in [5.74, 6) is -1.10. The van der Waals surface area contributed by atoms with Crippen molar-refractivity contribution in [2.24, 2.45) is 0 Å². The molecule has 1 rings (SSSR count). The van der Waals surface area contributed by atoms with Gasteiger partial charge >= 0.3 is 5.97 Å². The van der Waals surface area contributed by atoms with Gasteiger partial charge < -0.3 is 15.3 Å². The van der Waals surface area contributed by atoms with E-state index in [1.165, 1.54) is 12.8 Å². The van der Waals surface area contributed by atoms with Gasteiger partial charge in [0.15, 0.2) is 0 Å². The fourth-order valence-electron chi connectivity index (χ4n) is 2.38. The Hall–Kier alpha value is -1.10. The van der Waals surface area contributed by atoms with Crippen LogP contribution in [0.1, 0.15) is 46.0 Å². The molecule has 0 atom stereocenters. The van der Waals surface area contributed by atoms with Crippen LogP contribution in [0.5, 0.6) is 0 Å². The normalized spacial score (nSPS) is 16.8. The second kappa shape index (κ2) is 6.73. The average Bonchev–Trinajstić information content (AvgIpc) is 2.86. The van der Waals surface area contributed by atoms with Crippen molar-refractivity contribution in [1.82, 2.24) is 10.2 Å². The van der Waals surface area contributed by atoms with Gasteiger partial charge in [0.25, 0.3) is 0 Å². The van der Waals surface area contributed by atoms with E-state index in [9.17, 15) is 14.7 Å². The van der Waals surface area contributed by atoms with Crippen LogP contribution in [0.4, 0.5) is 0 Å². The molecule has 1 heterocycles. The number of carboxylic acid groups (broad SMARTS) is 1. The third kappa shape index (κ3) is 3.70. The van der Waals surface area contributed by atoms with E-state index in [4.69, 9.17) is 0 Å². The predicted octanol–water partition coefficient (Wildman–Crippen LogP) is 1.23. The Labute approximate surface area is 109 Å². The summed E-state index contributed by atoms with van der Waals surface area (Å²) in [5, 5.41) is 11.9. The maximum Gasteiger partial charge on any atom is 0.329 e. The number of hydrogen-bond acceptors (Lipinski definition) is 3. The van der Waals surface area contributed by atoms with Crippen LogP contribution >= 0.6 is 0 Å². The molecule has 1 fully saturated rings. The lowest BCUT2D eigenvalue weighted by molar-refractivity contribution is -0.148. The van der Waals surface area contributed by atoms with Gasteiger partial charge in [-0.15, -0.1) is 0 Å². The van der Waals surface area contributed by atoms with Crippen LogP contribution in [0.15, 0.2) is 0 Å². The average molecular weight is 256 g/mol. The second-order valence-corrected chi connectivity index (χ2v) is 4.94. The quantitative estimate of drug-likeness (QED) is 0.719. The van der Waals surface area contributed by atoms with Crippen LogP contribution in [-0.4, -0.2) is 47.1 Å². The van der Waals surface area contributed by atoms with Gasteiger partial charge in [0.2, 0.25) is 5.91 Å². The van der Waals surface area contributed by atoms with E-state index in [1.54, 1.807) is 13.8 Å². The SMILES string of the molecule is CCC(CC)(NC(=O)CCN1CCCC1)C(=O)O. The molecule has 1 amide bonds. The fraction of sp³-hybridized carbons (Fsp3) is 0.846. The first kappa shape index (κ1) is 15.0. The van der Waals surface area contributed by atoms with Gasteiger partial charge in [-0.05, 0) is 38.8 Å². The summed E-state index contributed by atoms with van der Waals surface area (Å²) in [5.41, 5.74) is -1.10. The molecule has 0 aromatic rings. The molecular weight excluding hydrogens is 232 g/mol. The van der Waals surface area contributed by atoms with E-state index in [0.29, 0.717) is 19.3 Å². The molecule has 0 bridgehead atoms. The van der Waals surface area contributed by atoms with Crippen molar-refractivity contribution in [3.05, 3.63) is 0 Å². The molecule has 1 saturated heterocycles. The van der Waals surface area contributed by atoms with E-state index in [1.807, 2.05) is 0 Å². The van der Waals surface area contributed by atoms with Gasteiger partial charge in [0.1, 0.15) is 5.54 Å². The van der Waals surface area contributed by atoms with Gasteiger partial charge in [0, 0.05) is 13.0 Å². The van der Waals surface area contributed by atoms with Crippen molar-refractivity contribution >= 4 is 11.9 Å². The fourth-order valence-corrected chi connectivity index (χ4v) is 2.38. The summed E-state index contributed by atoms with van der Waals surface area (Å²) >= 11 is 0. The highest BCUT2D eigenvalue weighted by Crippen LogP contribution is 2.16. The Kier molecular flexibility index (Phi) is 5.59. The van der Waals surface area contributed by atoms with E-state index in [-0.39, 0.29) is 5.91 Å². The molecule has 0 spiro atoms. The zero-order chi connectivity index (χ0) is 13.6. The van der Waals surface area contributed by atoms with Crippen molar-refractivity contribution in [2.45, 2.75) is 51.5 Å². The standard InChI is InChI=1S/C13H24N2O3/c1-3-13(4-2,12(17)18)14-11(16)7-10-15-8-5-6-9-15/h3-10H2,1-2H3,(H,14,16)(H,17,18). The highest BCUT2D eigenvalue weighted by molar-refractivity contribution is 5.87. The smallest absolute Gasteiger partial charge is 0.329 e. The Morgan fingerprint density at radius 3 is 2.22 bits per heavy atom. The number of amides is 1. The number of hydrogen-bond donors (Lipinski definition) is 2. The number of nitrogens with zero attached hydrogens (tertiary/aromatic N) is 1. The molecule has 0 aromatic carbocycles. The summed E-state index contributed by atoms with van der Waals surface area (Å²) in [6, 6.07) is 0. The van der Waals surface area contributed by atoms with Gasteiger partial charge in [-0.25, -0.2) is 4.79 Å². The maximum atomic E-state index is 11.8. The molecule has 0 saturated carbocycles. The first-order chi connectivity index (χ1) is 8.54. The zero-order valence-electron chi connectivity index (χ0n) is 11.4. The largest absolute Gasteiger partial charge is 0.480 e. The summed E-state index contributed by atoms with van der Waals surface area (Å²) in [6.45, 7) is 6.42.